The van der Waals surface area contributed by atoms with Crippen molar-refractivity contribution in [2.24, 2.45) is 10.7 Å². The van der Waals surface area contributed by atoms with Crippen LogP contribution in [-0.2, 0) is 11.3 Å². The lowest BCUT2D eigenvalue weighted by Gasteiger charge is -2.26. The van der Waals surface area contributed by atoms with Gasteiger partial charge in [-0.05, 0) is 18.2 Å². The minimum absolute atomic E-state index is 0.310. The van der Waals surface area contributed by atoms with Gasteiger partial charge < -0.3 is 30.0 Å². The number of morpholine rings is 1. The molecular formula is C22H30N4O4. The standard InChI is InChI=1S/C22H30N4O4/c1-27-20-8-7-18(15-21(20)28-2)25-22(23)24-16-17-5-3-4-6-19(17)30-14-11-26-9-12-29-13-10-26/h3-8,15H,9-14,16H2,1-2H3,(H3,23,24,25). The maximum atomic E-state index is 6.07. The Kier molecular flexibility index (Phi) is 8.17. The molecule has 2 aromatic carbocycles. The van der Waals surface area contributed by atoms with Crippen molar-refractivity contribution in [3.8, 4) is 17.2 Å². The van der Waals surface area contributed by atoms with Gasteiger partial charge in [0.25, 0.3) is 0 Å². The Labute approximate surface area is 177 Å². The molecule has 2 aromatic rings. The van der Waals surface area contributed by atoms with Crippen molar-refractivity contribution in [2.75, 3.05) is 59.0 Å². The fraction of sp³-hybridized carbons (Fsp3) is 0.409. The zero-order chi connectivity index (χ0) is 21.2. The van der Waals surface area contributed by atoms with E-state index in [0.717, 1.165) is 49.8 Å². The smallest absolute Gasteiger partial charge is 0.193 e. The Bertz CT molecular complexity index is 838. The molecule has 0 atom stereocenters. The molecule has 3 rings (SSSR count). The van der Waals surface area contributed by atoms with Gasteiger partial charge in [-0.15, -0.1) is 0 Å². The summed E-state index contributed by atoms with van der Waals surface area (Å²) in [7, 11) is 3.19. The number of aliphatic imine (C=N–C) groups is 1. The van der Waals surface area contributed by atoms with Gasteiger partial charge >= 0.3 is 0 Å². The van der Waals surface area contributed by atoms with E-state index in [2.05, 4.69) is 15.2 Å². The van der Waals surface area contributed by atoms with Gasteiger partial charge in [0.1, 0.15) is 12.4 Å². The topological polar surface area (TPSA) is 90.6 Å². The molecule has 0 bridgehead atoms. The van der Waals surface area contributed by atoms with Crippen LogP contribution in [0.4, 0.5) is 5.69 Å². The molecule has 0 saturated carbocycles. The predicted molar refractivity (Wildman–Crippen MR) is 118 cm³/mol. The molecule has 0 aromatic heterocycles. The van der Waals surface area contributed by atoms with E-state index in [9.17, 15) is 0 Å². The highest BCUT2D eigenvalue weighted by Gasteiger charge is 2.11. The van der Waals surface area contributed by atoms with Crippen LogP contribution in [-0.4, -0.2) is 64.5 Å². The summed E-state index contributed by atoms with van der Waals surface area (Å²) in [6, 6.07) is 13.4. The summed E-state index contributed by atoms with van der Waals surface area (Å²) >= 11 is 0. The summed E-state index contributed by atoms with van der Waals surface area (Å²) in [5.41, 5.74) is 7.82. The van der Waals surface area contributed by atoms with Crippen LogP contribution in [0.1, 0.15) is 5.56 Å². The normalized spacial score (nSPS) is 14.9. The van der Waals surface area contributed by atoms with E-state index >= 15 is 0 Å². The SMILES string of the molecule is COc1ccc(NC(N)=NCc2ccccc2OCCN2CCOCC2)cc1OC. The molecule has 1 heterocycles. The predicted octanol–water partition coefficient (Wildman–Crippen LogP) is 2.34. The van der Waals surface area contributed by atoms with Crippen LogP contribution < -0.4 is 25.3 Å². The first-order valence-corrected chi connectivity index (χ1v) is 9.99. The van der Waals surface area contributed by atoms with Crippen LogP contribution in [0, 0.1) is 0 Å². The molecule has 0 unspecified atom stereocenters. The van der Waals surface area contributed by atoms with Crippen molar-refractivity contribution >= 4 is 11.6 Å². The number of nitrogens with one attached hydrogen (secondary N) is 1. The maximum absolute atomic E-state index is 6.07. The number of benzene rings is 2. The quantitative estimate of drug-likeness (QED) is 0.481. The zero-order valence-electron chi connectivity index (χ0n) is 17.6. The van der Waals surface area contributed by atoms with Gasteiger partial charge in [0.05, 0.1) is 34.0 Å². The molecule has 1 fully saturated rings. The van der Waals surface area contributed by atoms with Crippen LogP contribution in [0.5, 0.6) is 17.2 Å². The van der Waals surface area contributed by atoms with E-state index in [0.29, 0.717) is 30.6 Å². The highest BCUT2D eigenvalue weighted by molar-refractivity contribution is 5.92. The number of nitrogens with two attached hydrogens (primary N) is 1. The Hall–Kier alpha value is -2.97. The van der Waals surface area contributed by atoms with Gasteiger partial charge in [-0.2, -0.15) is 0 Å². The highest BCUT2D eigenvalue weighted by atomic mass is 16.5. The number of rotatable bonds is 9. The molecular weight excluding hydrogens is 384 g/mol. The molecule has 162 valence electrons. The fourth-order valence-corrected chi connectivity index (χ4v) is 3.16. The van der Waals surface area contributed by atoms with E-state index in [4.69, 9.17) is 24.7 Å². The van der Waals surface area contributed by atoms with Crippen LogP contribution >= 0.6 is 0 Å². The zero-order valence-corrected chi connectivity index (χ0v) is 17.6. The number of ether oxygens (including phenoxy) is 4. The lowest BCUT2D eigenvalue weighted by molar-refractivity contribution is 0.0322. The van der Waals surface area contributed by atoms with Crippen LogP contribution in [0.3, 0.4) is 0 Å². The number of para-hydroxylation sites is 1. The van der Waals surface area contributed by atoms with Gasteiger partial charge in [0.15, 0.2) is 17.5 Å². The van der Waals surface area contributed by atoms with Gasteiger partial charge in [0.2, 0.25) is 0 Å². The minimum atomic E-state index is 0.310. The maximum Gasteiger partial charge on any atom is 0.193 e. The monoisotopic (exact) mass is 414 g/mol. The first-order chi connectivity index (χ1) is 14.7. The van der Waals surface area contributed by atoms with E-state index in [1.807, 2.05) is 42.5 Å². The van der Waals surface area contributed by atoms with Crippen molar-refractivity contribution < 1.29 is 18.9 Å². The van der Waals surface area contributed by atoms with Crippen molar-refractivity contribution in [3.63, 3.8) is 0 Å². The molecule has 1 saturated heterocycles. The fourth-order valence-electron chi connectivity index (χ4n) is 3.16. The van der Waals surface area contributed by atoms with Crippen molar-refractivity contribution in [3.05, 3.63) is 48.0 Å². The summed E-state index contributed by atoms with van der Waals surface area (Å²) in [5.74, 6) is 2.41. The van der Waals surface area contributed by atoms with E-state index < -0.39 is 0 Å². The van der Waals surface area contributed by atoms with Gasteiger partial charge in [-0.3, -0.25) is 4.90 Å². The molecule has 3 N–H and O–H groups in total. The largest absolute Gasteiger partial charge is 0.493 e. The molecule has 8 heteroatoms. The van der Waals surface area contributed by atoms with Crippen molar-refractivity contribution in [1.29, 1.82) is 0 Å². The Morgan fingerprint density at radius 1 is 1.07 bits per heavy atom. The van der Waals surface area contributed by atoms with E-state index in [1.165, 1.54) is 0 Å². The molecule has 1 aliphatic heterocycles. The Balaban J connectivity index is 1.56. The minimum Gasteiger partial charge on any atom is -0.493 e. The number of nitrogens with zero attached hydrogens (tertiary/aromatic N) is 2. The van der Waals surface area contributed by atoms with Crippen molar-refractivity contribution in [2.45, 2.75) is 6.54 Å². The molecule has 0 spiro atoms. The number of hydrogen-bond acceptors (Lipinski definition) is 6. The molecule has 30 heavy (non-hydrogen) atoms. The average Bonchev–Trinajstić information content (AvgIpc) is 2.79. The molecule has 0 amide bonds. The molecule has 0 aliphatic carbocycles. The van der Waals surface area contributed by atoms with Crippen LogP contribution in [0.2, 0.25) is 0 Å². The van der Waals surface area contributed by atoms with Crippen LogP contribution in [0.15, 0.2) is 47.5 Å². The van der Waals surface area contributed by atoms with Gasteiger partial charge in [-0.25, -0.2) is 4.99 Å². The highest BCUT2D eigenvalue weighted by Crippen LogP contribution is 2.29. The summed E-state index contributed by atoms with van der Waals surface area (Å²) in [6.07, 6.45) is 0. The molecule has 1 aliphatic rings. The summed E-state index contributed by atoms with van der Waals surface area (Å²) in [4.78, 5) is 6.79. The Morgan fingerprint density at radius 3 is 2.60 bits per heavy atom. The van der Waals surface area contributed by atoms with Crippen LogP contribution in [0.25, 0.3) is 0 Å². The number of guanidine groups is 1. The number of hydrogen-bond donors (Lipinski definition) is 2. The third-order valence-corrected chi connectivity index (χ3v) is 4.82. The third kappa shape index (κ3) is 6.27. The van der Waals surface area contributed by atoms with Gasteiger partial charge in [-0.1, -0.05) is 18.2 Å². The first-order valence-electron chi connectivity index (χ1n) is 9.99. The lowest BCUT2D eigenvalue weighted by atomic mass is 10.2. The van der Waals surface area contributed by atoms with E-state index in [1.54, 1.807) is 14.2 Å². The second kappa shape index (κ2) is 11.3. The average molecular weight is 415 g/mol. The summed E-state index contributed by atoms with van der Waals surface area (Å²) in [6.45, 7) is 5.40. The number of anilines is 1. The summed E-state index contributed by atoms with van der Waals surface area (Å²) in [5, 5.41) is 3.08. The van der Waals surface area contributed by atoms with Gasteiger partial charge in [0, 0.05) is 37.0 Å². The van der Waals surface area contributed by atoms with Crippen molar-refractivity contribution in [1.82, 2.24) is 4.90 Å². The number of methoxy groups -OCH3 is 2. The third-order valence-electron chi connectivity index (χ3n) is 4.82. The Morgan fingerprint density at radius 2 is 1.83 bits per heavy atom. The molecule has 0 radical (unpaired) electrons. The molecule has 8 nitrogen and oxygen atoms in total. The summed E-state index contributed by atoms with van der Waals surface area (Å²) < 4.78 is 21.9. The second-order valence-electron chi connectivity index (χ2n) is 6.81. The van der Waals surface area contributed by atoms with E-state index in [-0.39, 0.29) is 0 Å². The second-order valence-corrected chi connectivity index (χ2v) is 6.81. The first kappa shape index (κ1) is 21.7. The lowest BCUT2D eigenvalue weighted by Crippen LogP contribution is -2.38.